The molecule has 0 spiro atoms. The number of aromatic nitrogens is 2. The van der Waals surface area contributed by atoms with Gasteiger partial charge in [-0.25, -0.2) is 5.10 Å². The SMILES string of the molecule is CCCC(=O)NCc1ccc(=O)[nH]n1. The van der Waals surface area contributed by atoms with Crippen molar-refractivity contribution in [3.8, 4) is 0 Å². The topological polar surface area (TPSA) is 74.8 Å². The normalized spacial score (nSPS) is 9.79. The second-order valence-electron chi connectivity index (χ2n) is 2.94. The van der Waals surface area contributed by atoms with Crippen LogP contribution in [-0.4, -0.2) is 16.1 Å². The van der Waals surface area contributed by atoms with E-state index in [9.17, 15) is 9.59 Å². The van der Waals surface area contributed by atoms with Crippen LogP contribution < -0.4 is 10.9 Å². The summed E-state index contributed by atoms with van der Waals surface area (Å²) < 4.78 is 0. The standard InChI is InChI=1S/C9H13N3O2/c1-2-3-8(13)10-6-7-4-5-9(14)12-11-7/h4-5H,2-3,6H2,1H3,(H,10,13)(H,12,14). The molecule has 1 rings (SSSR count). The Kier molecular flexibility index (Phi) is 3.84. The van der Waals surface area contributed by atoms with Gasteiger partial charge in [0.1, 0.15) is 0 Å². The van der Waals surface area contributed by atoms with Crippen LogP contribution in [-0.2, 0) is 11.3 Å². The third kappa shape index (κ3) is 3.38. The van der Waals surface area contributed by atoms with Crippen LogP contribution in [0.5, 0.6) is 0 Å². The monoisotopic (exact) mass is 195 g/mol. The van der Waals surface area contributed by atoms with Gasteiger partial charge in [0.2, 0.25) is 5.91 Å². The zero-order valence-corrected chi connectivity index (χ0v) is 8.04. The molecule has 0 fully saturated rings. The maximum Gasteiger partial charge on any atom is 0.264 e. The van der Waals surface area contributed by atoms with Crippen molar-refractivity contribution in [2.24, 2.45) is 0 Å². The third-order valence-electron chi connectivity index (χ3n) is 1.68. The first-order chi connectivity index (χ1) is 6.72. The molecule has 5 heteroatoms. The predicted octanol–water partition coefficient (Wildman–Crippen LogP) is 0.186. The summed E-state index contributed by atoms with van der Waals surface area (Å²) in [6.45, 7) is 2.30. The lowest BCUT2D eigenvalue weighted by molar-refractivity contribution is -0.121. The largest absolute Gasteiger partial charge is 0.350 e. The smallest absolute Gasteiger partial charge is 0.264 e. The molecule has 76 valence electrons. The van der Waals surface area contributed by atoms with Gasteiger partial charge in [0, 0.05) is 12.5 Å². The number of carbonyl (C=O) groups excluding carboxylic acids is 1. The van der Waals surface area contributed by atoms with Crippen molar-refractivity contribution >= 4 is 5.91 Å². The van der Waals surface area contributed by atoms with Gasteiger partial charge in [-0.2, -0.15) is 5.10 Å². The summed E-state index contributed by atoms with van der Waals surface area (Å²) in [7, 11) is 0. The second-order valence-corrected chi connectivity index (χ2v) is 2.94. The van der Waals surface area contributed by atoms with Gasteiger partial charge in [0.25, 0.3) is 5.56 Å². The van der Waals surface area contributed by atoms with Crippen molar-refractivity contribution in [1.29, 1.82) is 0 Å². The number of carbonyl (C=O) groups is 1. The van der Waals surface area contributed by atoms with Gasteiger partial charge in [-0.1, -0.05) is 6.92 Å². The van der Waals surface area contributed by atoms with Crippen molar-refractivity contribution in [3.05, 3.63) is 28.2 Å². The van der Waals surface area contributed by atoms with Gasteiger partial charge in [0.15, 0.2) is 0 Å². The van der Waals surface area contributed by atoms with Crippen molar-refractivity contribution in [1.82, 2.24) is 15.5 Å². The van der Waals surface area contributed by atoms with Gasteiger partial charge in [-0.3, -0.25) is 9.59 Å². The molecule has 0 aromatic carbocycles. The Balaban J connectivity index is 2.42. The van der Waals surface area contributed by atoms with E-state index in [0.29, 0.717) is 18.7 Å². The van der Waals surface area contributed by atoms with Gasteiger partial charge in [-0.15, -0.1) is 0 Å². The molecule has 0 aliphatic rings. The third-order valence-corrected chi connectivity index (χ3v) is 1.68. The van der Waals surface area contributed by atoms with E-state index in [0.717, 1.165) is 6.42 Å². The fourth-order valence-corrected chi connectivity index (χ4v) is 0.976. The average Bonchev–Trinajstić information content (AvgIpc) is 2.17. The molecule has 0 saturated heterocycles. The molecule has 0 atom stereocenters. The number of amides is 1. The molecule has 0 radical (unpaired) electrons. The first-order valence-electron chi connectivity index (χ1n) is 4.53. The molecule has 2 N–H and O–H groups in total. The summed E-state index contributed by atoms with van der Waals surface area (Å²) in [5.41, 5.74) is 0.405. The summed E-state index contributed by atoms with van der Waals surface area (Å²) in [4.78, 5) is 21.7. The van der Waals surface area contributed by atoms with Crippen LogP contribution >= 0.6 is 0 Å². The Hall–Kier alpha value is -1.65. The highest BCUT2D eigenvalue weighted by Gasteiger charge is 1.99. The zero-order valence-electron chi connectivity index (χ0n) is 8.04. The number of rotatable bonds is 4. The van der Waals surface area contributed by atoms with Crippen LogP contribution in [0.1, 0.15) is 25.5 Å². The summed E-state index contributed by atoms with van der Waals surface area (Å²) in [5, 5.41) is 8.75. The maximum atomic E-state index is 11.1. The molecule has 0 unspecified atom stereocenters. The minimum Gasteiger partial charge on any atom is -0.350 e. The minimum absolute atomic E-state index is 0.000463. The van der Waals surface area contributed by atoms with Gasteiger partial charge < -0.3 is 5.32 Å². The number of H-pyrrole nitrogens is 1. The van der Waals surface area contributed by atoms with E-state index in [4.69, 9.17) is 0 Å². The van der Waals surface area contributed by atoms with Crippen molar-refractivity contribution < 1.29 is 4.79 Å². The molecule has 0 aliphatic heterocycles. The fourth-order valence-electron chi connectivity index (χ4n) is 0.976. The van der Waals surface area contributed by atoms with E-state index in [1.807, 2.05) is 6.92 Å². The van der Waals surface area contributed by atoms with E-state index < -0.39 is 0 Å². The summed E-state index contributed by atoms with van der Waals surface area (Å²) in [6, 6.07) is 2.97. The van der Waals surface area contributed by atoms with Crippen LogP contribution in [0.3, 0.4) is 0 Å². The molecular weight excluding hydrogens is 182 g/mol. The van der Waals surface area contributed by atoms with Crippen molar-refractivity contribution in [2.45, 2.75) is 26.3 Å². The molecule has 1 aromatic rings. The quantitative estimate of drug-likeness (QED) is 0.720. The highest BCUT2D eigenvalue weighted by atomic mass is 16.1. The Morgan fingerprint density at radius 2 is 2.36 bits per heavy atom. The Morgan fingerprint density at radius 3 is 2.93 bits per heavy atom. The average molecular weight is 195 g/mol. The van der Waals surface area contributed by atoms with Gasteiger partial charge in [0.05, 0.1) is 12.2 Å². The Bertz CT molecular complexity index is 339. The lowest BCUT2D eigenvalue weighted by atomic mass is 10.3. The van der Waals surface area contributed by atoms with Crippen molar-refractivity contribution in [2.75, 3.05) is 0 Å². The Morgan fingerprint density at radius 1 is 1.57 bits per heavy atom. The number of nitrogens with zero attached hydrogens (tertiary/aromatic N) is 1. The zero-order chi connectivity index (χ0) is 10.4. The van der Waals surface area contributed by atoms with Crippen LogP contribution in [0.15, 0.2) is 16.9 Å². The molecule has 1 heterocycles. The highest BCUT2D eigenvalue weighted by molar-refractivity contribution is 5.75. The molecule has 0 saturated carbocycles. The molecule has 1 aromatic heterocycles. The number of hydrogen-bond acceptors (Lipinski definition) is 3. The minimum atomic E-state index is -0.242. The van der Waals surface area contributed by atoms with E-state index >= 15 is 0 Å². The van der Waals surface area contributed by atoms with Gasteiger partial charge >= 0.3 is 0 Å². The summed E-state index contributed by atoms with van der Waals surface area (Å²) in [5.74, 6) is 0.000463. The van der Waals surface area contributed by atoms with Crippen LogP contribution in [0, 0.1) is 0 Å². The van der Waals surface area contributed by atoms with Crippen LogP contribution in [0.25, 0.3) is 0 Å². The summed E-state index contributed by atoms with van der Waals surface area (Å²) >= 11 is 0. The molecule has 0 bridgehead atoms. The summed E-state index contributed by atoms with van der Waals surface area (Å²) in [6.07, 6.45) is 1.34. The van der Waals surface area contributed by atoms with Crippen molar-refractivity contribution in [3.63, 3.8) is 0 Å². The first-order valence-corrected chi connectivity index (χ1v) is 4.53. The molecule has 1 amide bonds. The second kappa shape index (κ2) is 5.16. The van der Waals surface area contributed by atoms with Gasteiger partial charge in [-0.05, 0) is 12.5 Å². The predicted molar refractivity (Wildman–Crippen MR) is 51.6 cm³/mol. The number of hydrogen-bond donors (Lipinski definition) is 2. The molecule has 0 aliphatic carbocycles. The Labute approximate surface area is 81.5 Å². The van der Waals surface area contributed by atoms with E-state index in [1.54, 1.807) is 6.07 Å². The molecule has 5 nitrogen and oxygen atoms in total. The fraction of sp³-hybridized carbons (Fsp3) is 0.444. The van der Waals surface area contributed by atoms with Crippen LogP contribution in [0.4, 0.5) is 0 Å². The van der Waals surface area contributed by atoms with E-state index in [-0.39, 0.29) is 11.5 Å². The molecular formula is C9H13N3O2. The number of aromatic amines is 1. The van der Waals surface area contributed by atoms with Crippen LogP contribution in [0.2, 0.25) is 0 Å². The lowest BCUT2D eigenvalue weighted by Crippen LogP contribution is -2.23. The first kappa shape index (κ1) is 10.4. The number of nitrogens with one attached hydrogen (secondary N) is 2. The van der Waals surface area contributed by atoms with E-state index in [1.165, 1.54) is 6.07 Å². The highest BCUT2D eigenvalue weighted by Crippen LogP contribution is 1.90. The molecule has 14 heavy (non-hydrogen) atoms. The maximum absolute atomic E-state index is 11.1. The lowest BCUT2D eigenvalue weighted by Gasteiger charge is -2.02. The van der Waals surface area contributed by atoms with E-state index in [2.05, 4.69) is 15.5 Å².